The highest BCUT2D eigenvalue weighted by molar-refractivity contribution is 5.66. The van der Waals surface area contributed by atoms with Crippen LogP contribution in [0.25, 0.3) is 17.0 Å². The van der Waals surface area contributed by atoms with Crippen LogP contribution in [0.3, 0.4) is 0 Å². The quantitative estimate of drug-likeness (QED) is 0.749. The van der Waals surface area contributed by atoms with Gasteiger partial charge in [-0.15, -0.1) is 0 Å². The largest absolute Gasteiger partial charge is 0.287 e. The first kappa shape index (κ1) is 12.0. The molecular weight excluding hydrogens is 232 g/mol. The maximum atomic E-state index is 3.60. The van der Waals surface area contributed by atoms with Crippen LogP contribution in [0, 0.1) is 0 Å². The molecule has 0 saturated carbocycles. The number of hydrogen-bond acceptors (Lipinski definition) is 0. The molecule has 1 aliphatic carbocycles. The van der Waals surface area contributed by atoms with Crippen LogP contribution in [-0.2, 0) is 13.5 Å². The number of hydrogen-bond donors (Lipinski definition) is 1. The maximum Gasteiger partial charge on any atom is 0.287 e. The first-order valence-corrected chi connectivity index (χ1v) is 6.67. The standard InChI is InChI=1S/C17H18N2/c1-12-9-10-13(2)16-15(11-12)18-17(19(16)3)14-7-5-4-6-8-14/h4-10H,11H2,1-3H3/p+1. The monoisotopic (exact) mass is 251 g/mol. The predicted octanol–water partition coefficient (Wildman–Crippen LogP) is 3.41. The number of imidazole rings is 1. The van der Waals surface area contributed by atoms with Crippen molar-refractivity contribution in [3.8, 4) is 11.4 Å². The van der Waals surface area contributed by atoms with Crippen LogP contribution in [0.2, 0.25) is 0 Å². The van der Waals surface area contributed by atoms with Crippen LogP contribution in [-0.4, -0.2) is 4.98 Å². The lowest BCUT2D eigenvalue weighted by atomic mass is 10.1. The molecule has 0 radical (unpaired) electrons. The van der Waals surface area contributed by atoms with Crippen molar-refractivity contribution in [2.45, 2.75) is 20.3 Å². The first-order chi connectivity index (χ1) is 9.16. The Labute approximate surface area is 114 Å². The van der Waals surface area contributed by atoms with Gasteiger partial charge in [-0.2, -0.15) is 0 Å². The highest BCUT2D eigenvalue weighted by Crippen LogP contribution is 2.25. The minimum absolute atomic E-state index is 0.990. The Morgan fingerprint density at radius 2 is 1.79 bits per heavy atom. The maximum absolute atomic E-state index is 3.60. The van der Waals surface area contributed by atoms with Gasteiger partial charge in [0.25, 0.3) is 5.82 Å². The Balaban J connectivity index is 2.18. The summed E-state index contributed by atoms with van der Waals surface area (Å²) < 4.78 is 2.27. The van der Waals surface area contributed by atoms with E-state index in [0.717, 1.165) is 6.42 Å². The number of aromatic amines is 1. The lowest BCUT2D eigenvalue weighted by molar-refractivity contribution is -0.661. The third-order valence-corrected chi connectivity index (χ3v) is 3.72. The minimum Gasteiger partial charge on any atom is -0.240 e. The van der Waals surface area contributed by atoms with E-state index in [-0.39, 0.29) is 0 Å². The van der Waals surface area contributed by atoms with Gasteiger partial charge in [0.05, 0.1) is 12.6 Å². The van der Waals surface area contributed by atoms with Crippen molar-refractivity contribution in [1.29, 1.82) is 0 Å². The molecule has 19 heavy (non-hydrogen) atoms. The van der Waals surface area contributed by atoms with Gasteiger partial charge >= 0.3 is 0 Å². The molecule has 0 aliphatic heterocycles. The van der Waals surface area contributed by atoms with Crippen LogP contribution < -0.4 is 4.57 Å². The summed E-state index contributed by atoms with van der Waals surface area (Å²) in [5.74, 6) is 1.17. The van der Waals surface area contributed by atoms with Crippen molar-refractivity contribution in [3.05, 3.63) is 59.4 Å². The summed E-state index contributed by atoms with van der Waals surface area (Å²) in [7, 11) is 2.13. The van der Waals surface area contributed by atoms with Gasteiger partial charge in [0.15, 0.2) is 11.4 Å². The zero-order valence-corrected chi connectivity index (χ0v) is 11.7. The Kier molecular flexibility index (Phi) is 2.86. The predicted molar refractivity (Wildman–Crippen MR) is 78.5 cm³/mol. The number of allylic oxidation sites excluding steroid dienone is 4. The van der Waals surface area contributed by atoms with E-state index in [1.807, 2.05) is 0 Å². The summed E-state index contributed by atoms with van der Waals surface area (Å²) in [5.41, 5.74) is 6.55. The first-order valence-electron chi connectivity index (χ1n) is 6.67. The van der Waals surface area contributed by atoms with E-state index < -0.39 is 0 Å². The van der Waals surface area contributed by atoms with Gasteiger partial charge in [0.2, 0.25) is 0 Å². The number of fused-ring (bicyclic) bond motifs is 1. The molecule has 0 amide bonds. The van der Waals surface area contributed by atoms with Crippen molar-refractivity contribution in [1.82, 2.24) is 4.98 Å². The Morgan fingerprint density at radius 3 is 2.53 bits per heavy atom. The fourth-order valence-corrected chi connectivity index (χ4v) is 2.78. The van der Waals surface area contributed by atoms with Crippen LogP contribution in [0.4, 0.5) is 0 Å². The molecule has 96 valence electrons. The molecule has 1 N–H and O–H groups in total. The van der Waals surface area contributed by atoms with Crippen LogP contribution >= 0.6 is 0 Å². The molecular formula is C17H19N2+. The molecule has 1 aromatic carbocycles. The van der Waals surface area contributed by atoms with E-state index in [2.05, 4.69) is 72.9 Å². The van der Waals surface area contributed by atoms with Crippen molar-refractivity contribution in [3.63, 3.8) is 0 Å². The number of aromatic nitrogens is 2. The van der Waals surface area contributed by atoms with Crippen LogP contribution in [0.1, 0.15) is 25.2 Å². The molecule has 2 heteroatoms. The van der Waals surface area contributed by atoms with E-state index in [1.54, 1.807) is 0 Å². The minimum atomic E-state index is 0.990. The average Bonchev–Trinajstić information content (AvgIpc) is 2.66. The van der Waals surface area contributed by atoms with E-state index in [1.165, 1.54) is 33.9 Å². The van der Waals surface area contributed by atoms with Gasteiger partial charge in [-0.05, 0) is 31.6 Å². The number of benzene rings is 1. The summed E-state index contributed by atoms with van der Waals surface area (Å²) >= 11 is 0. The summed E-state index contributed by atoms with van der Waals surface area (Å²) in [6.45, 7) is 4.36. The zero-order chi connectivity index (χ0) is 13.4. The van der Waals surface area contributed by atoms with Crippen molar-refractivity contribution in [2.24, 2.45) is 7.05 Å². The molecule has 0 fully saturated rings. The van der Waals surface area contributed by atoms with Crippen LogP contribution in [0.5, 0.6) is 0 Å². The molecule has 0 atom stereocenters. The number of nitrogens with zero attached hydrogens (tertiary/aromatic N) is 1. The second-order valence-electron chi connectivity index (χ2n) is 5.27. The highest BCUT2D eigenvalue weighted by atomic mass is 15.1. The van der Waals surface area contributed by atoms with Gasteiger partial charge < -0.3 is 0 Å². The topological polar surface area (TPSA) is 19.7 Å². The summed E-state index contributed by atoms with van der Waals surface area (Å²) in [4.78, 5) is 3.60. The molecule has 3 rings (SSSR count). The highest BCUT2D eigenvalue weighted by Gasteiger charge is 2.25. The number of nitrogens with one attached hydrogen (secondary N) is 1. The molecule has 2 nitrogen and oxygen atoms in total. The van der Waals surface area contributed by atoms with Crippen molar-refractivity contribution >= 4 is 5.57 Å². The smallest absolute Gasteiger partial charge is 0.240 e. The second kappa shape index (κ2) is 4.54. The normalized spacial score (nSPS) is 14.5. The third-order valence-electron chi connectivity index (χ3n) is 3.72. The summed E-state index contributed by atoms with van der Waals surface area (Å²) in [6, 6.07) is 10.5. The molecule has 1 aliphatic rings. The molecule has 2 aromatic rings. The van der Waals surface area contributed by atoms with Gasteiger partial charge in [0.1, 0.15) is 0 Å². The Morgan fingerprint density at radius 1 is 1.05 bits per heavy atom. The molecule has 0 spiro atoms. The average molecular weight is 251 g/mol. The SMILES string of the molecule is CC1=CC=C(C)c2c([nH]c(-c3ccccc3)[n+]2C)C1. The Hall–Kier alpha value is -2.09. The molecule has 1 heterocycles. The fourth-order valence-electron chi connectivity index (χ4n) is 2.78. The summed E-state index contributed by atoms with van der Waals surface area (Å²) in [6.07, 6.45) is 5.42. The fraction of sp³-hybridized carbons (Fsp3) is 0.235. The number of rotatable bonds is 1. The van der Waals surface area contributed by atoms with Crippen LogP contribution in [0.15, 0.2) is 48.1 Å². The van der Waals surface area contributed by atoms with E-state index >= 15 is 0 Å². The number of H-pyrrole nitrogens is 1. The Bertz CT molecular complexity index is 673. The van der Waals surface area contributed by atoms with Gasteiger partial charge in [-0.25, -0.2) is 9.55 Å². The van der Waals surface area contributed by atoms with E-state index in [0.29, 0.717) is 0 Å². The molecule has 1 aromatic heterocycles. The lowest BCUT2D eigenvalue weighted by Crippen LogP contribution is -2.33. The van der Waals surface area contributed by atoms with Crippen molar-refractivity contribution in [2.75, 3.05) is 0 Å². The molecule has 0 unspecified atom stereocenters. The molecule has 0 bridgehead atoms. The zero-order valence-electron chi connectivity index (χ0n) is 11.7. The summed E-state index contributed by atoms with van der Waals surface area (Å²) in [5, 5.41) is 0. The van der Waals surface area contributed by atoms with Crippen molar-refractivity contribution < 1.29 is 4.57 Å². The second-order valence-corrected chi connectivity index (χ2v) is 5.27. The van der Waals surface area contributed by atoms with Gasteiger partial charge in [0, 0.05) is 6.42 Å². The van der Waals surface area contributed by atoms with Gasteiger partial charge in [-0.1, -0.05) is 35.9 Å². The third kappa shape index (κ3) is 2.03. The van der Waals surface area contributed by atoms with E-state index in [9.17, 15) is 0 Å². The molecule has 0 saturated heterocycles. The lowest BCUT2D eigenvalue weighted by Gasteiger charge is -1.99. The van der Waals surface area contributed by atoms with Gasteiger partial charge in [-0.3, -0.25) is 0 Å². The van der Waals surface area contributed by atoms with E-state index in [4.69, 9.17) is 0 Å².